The van der Waals surface area contributed by atoms with Gasteiger partial charge in [0, 0.05) is 6.04 Å². The van der Waals surface area contributed by atoms with Crippen LogP contribution in [0.3, 0.4) is 0 Å². The molecular formula is C9H17NO. The molecule has 2 rings (SSSR count). The van der Waals surface area contributed by atoms with E-state index in [4.69, 9.17) is 4.74 Å². The van der Waals surface area contributed by atoms with Crippen LogP contribution in [0, 0.1) is 5.41 Å². The average Bonchev–Trinajstić information content (AvgIpc) is 2.55. The second-order valence-electron chi connectivity index (χ2n) is 4.17. The third kappa shape index (κ3) is 1.30. The van der Waals surface area contributed by atoms with Gasteiger partial charge in [0.15, 0.2) is 0 Å². The van der Waals surface area contributed by atoms with Gasteiger partial charge in [-0.15, -0.1) is 0 Å². The average molecular weight is 155 g/mol. The smallest absolute Gasteiger partial charge is 0.0643 e. The third-order valence-electron chi connectivity index (χ3n) is 3.23. The van der Waals surface area contributed by atoms with E-state index < -0.39 is 0 Å². The van der Waals surface area contributed by atoms with E-state index in [9.17, 15) is 0 Å². The molecule has 0 radical (unpaired) electrons. The lowest BCUT2D eigenvalue weighted by Gasteiger charge is -2.28. The highest BCUT2D eigenvalue weighted by molar-refractivity contribution is 5.05. The molecule has 2 heteroatoms. The largest absolute Gasteiger partial charge is 0.378 e. The van der Waals surface area contributed by atoms with Crippen LogP contribution < -0.4 is 5.32 Å². The van der Waals surface area contributed by atoms with E-state index in [-0.39, 0.29) is 0 Å². The van der Waals surface area contributed by atoms with Crippen LogP contribution in [-0.2, 0) is 4.74 Å². The number of ether oxygens (including phenoxy) is 1. The molecule has 2 nitrogen and oxygen atoms in total. The van der Waals surface area contributed by atoms with Gasteiger partial charge in [-0.25, -0.2) is 0 Å². The van der Waals surface area contributed by atoms with Crippen molar-refractivity contribution in [1.29, 1.82) is 0 Å². The second kappa shape index (κ2) is 2.46. The fourth-order valence-electron chi connectivity index (χ4n) is 1.67. The minimum atomic E-state index is 0.607. The van der Waals surface area contributed by atoms with Gasteiger partial charge < -0.3 is 10.1 Å². The van der Waals surface area contributed by atoms with Crippen LogP contribution >= 0.6 is 0 Å². The predicted octanol–water partition coefficient (Wildman–Crippen LogP) is 1.16. The highest BCUT2D eigenvalue weighted by Gasteiger charge is 2.49. The highest BCUT2D eigenvalue weighted by atomic mass is 16.5. The second-order valence-corrected chi connectivity index (χ2v) is 4.17. The Labute approximate surface area is 68.3 Å². The molecule has 11 heavy (non-hydrogen) atoms. The van der Waals surface area contributed by atoms with Crippen molar-refractivity contribution in [2.75, 3.05) is 13.2 Å². The van der Waals surface area contributed by atoms with Crippen LogP contribution in [0.15, 0.2) is 0 Å². The molecule has 1 aliphatic carbocycles. The van der Waals surface area contributed by atoms with Crippen LogP contribution in [0.25, 0.3) is 0 Å². The summed E-state index contributed by atoms with van der Waals surface area (Å²) in [4.78, 5) is 0. The molecular weight excluding hydrogens is 138 g/mol. The fraction of sp³-hybridized carbons (Fsp3) is 1.00. The Morgan fingerprint density at radius 3 is 2.64 bits per heavy atom. The topological polar surface area (TPSA) is 21.3 Å². The van der Waals surface area contributed by atoms with Gasteiger partial charge in [0.2, 0.25) is 0 Å². The number of nitrogens with one attached hydrogen (secondary N) is 1. The summed E-state index contributed by atoms with van der Waals surface area (Å²) in [5, 5.41) is 3.61. The Morgan fingerprint density at radius 2 is 2.27 bits per heavy atom. The maximum atomic E-state index is 5.10. The molecule has 2 unspecified atom stereocenters. The summed E-state index contributed by atoms with van der Waals surface area (Å²) in [5.74, 6) is 0. The minimum Gasteiger partial charge on any atom is -0.378 e. The minimum absolute atomic E-state index is 0.607. The van der Waals surface area contributed by atoms with Crippen LogP contribution in [0.1, 0.15) is 26.7 Å². The third-order valence-corrected chi connectivity index (χ3v) is 3.23. The van der Waals surface area contributed by atoms with E-state index in [0.717, 1.165) is 19.3 Å². The first-order valence-corrected chi connectivity index (χ1v) is 4.58. The van der Waals surface area contributed by atoms with Gasteiger partial charge in [0.05, 0.1) is 19.3 Å². The monoisotopic (exact) mass is 155 g/mol. The van der Waals surface area contributed by atoms with Crippen molar-refractivity contribution in [1.82, 2.24) is 5.32 Å². The molecule has 2 atom stereocenters. The van der Waals surface area contributed by atoms with Crippen LogP contribution in [0.4, 0.5) is 0 Å². The lowest BCUT2D eigenvalue weighted by Crippen LogP contribution is -2.47. The molecule has 2 aliphatic rings. The van der Waals surface area contributed by atoms with Gasteiger partial charge in [0.25, 0.3) is 0 Å². The Hall–Kier alpha value is -0.0800. The van der Waals surface area contributed by atoms with Gasteiger partial charge in [-0.1, -0.05) is 13.8 Å². The zero-order valence-corrected chi connectivity index (χ0v) is 7.39. The molecule has 1 N–H and O–H groups in total. The predicted molar refractivity (Wildman–Crippen MR) is 44.5 cm³/mol. The van der Waals surface area contributed by atoms with Crippen molar-refractivity contribution in [3.8, 4) is 0 Å². The van der Waals surface area contributed by atoms with E-state index in [2.05, 4.69) is 19.2 Å². The first kappa shape index (κ1) is 7.56. The van der Waals surface area contributed by atoms with Gasteiger partial charge in [0.1, 0.15) is 0 Å². The van der Waals surface area contributed by atoms with Crippen molar-refractivity contribution in [3.63, 3.8) is 0 Å². The van der Waals surface area contributed by atoms with Gasteiger partial charge in [-0.2, -0.15) is 0 Å². The number of hydrogen-bond donors (Lipinski definition) is 1. The van der Waals surface area contributed by atoms with Crippen LogP contribution in [0.2, 0.25) is 0 Å². The number of hydrogen-bond acceptors (Lipinski definition) is 2. The maximum absolute atomic E-state index is 5.10. The summed E-state index contributed by atoms with van der Waals surface area (Å²) in [5.41, 5.74) is 0.607. The van der Waals surface area contributed by atoms with Crippen molar-refractivity contribution < 1.29 is 4.74 Å². The van der Waals surface area contributed by atoms with Gasteiger partial charge in [-0.3, -0.25) is 0 Å². The molecule has 64 valence electrons. The summed E-state index contributed by atoms with van der Waals surface area (Å²) in [7, 11) is 0. The van der Waals surface area contributed by atoms with Crippen molar-refractivity contribution in [2.45, 2.75) is 38.8 Å². The highest BCUT2D eigenvalue weighted by Crippen LogP contribution is 2.48. The lowest BCUT2D eigenvalue weighted by molar-refractivity contribution is -0.00722. The SMILES string of the molecule is CCC1(C)CC1NC1COC1. The molecule has 0 bridgehead atoms. The van der Waals surface area contributed by atoms with Crippen molar-refractivity contribution in [3.05, 3.63) is 0 Å². The molecule has 1 aliphatic heterocycles. The van der Waals surface area contributed by atoms with Crippen molar-refractivity contribution >= 4 is 0 Å². The zero-order chi connectivity index (χ0) is 7.90. The van der Waals surface area contributed by atoms with E-state index >= 15 is 0 Å². The summed E-state index contributed by atoms with van der Waals surface area (Å²) < 4.78 is 5.10. The Balaban J connectivity index is 1.73. The molecule has 0 amide bonds. The first-order chi connectivity index (χ1) is 5.24. The molecule has 1 saturated heterocycles. The van der Waals surface area contributed by atoms with Crippen molar-refractivity contribution in [2.24, 2.45) is 5.41 Å². The molecule has 2 fully saturated rings. The standard InChI is InChI=1S/C9H17NO/c1-3-9(2)4-8(9)10-7-5-11-6-7/h7-8,10H,3-6H2,1-2H3. The lowest BCUT2D eigenvalue weighted by atomic mass is 10.1. The molecule has 0 aromatic rings. The molecule has 1 saturated carbocycles. The Kier molecular flexibility index (Phi) is 1.69. The normalized spacial score (nSPS) is 43.6. The number of rotatable bonds is 3. The van der Waals surface area contributed by atoms with Crippen LogP contribution in [0.5, 0.6) is 0 Å². The quantitative estimate of drug-likeness (QED) is 0.660. The summed E-state index contributed by atoms with van der Waals surface area (Å²) in [6.07, 6.45) is 2.66. The zero-order valence-electron chi connectivity index (χ0n) is 7.39. The van der Waals surface area contributed by atoms with E-state index in [1.807, 2.05) is 0 Å². The van der Waals surface area contributed by atoms with Gasteiger partial charge in [-0.05, 0) is 18.3 Å². The van der Waals surface area contributed by atoms with E-state index in [0.29, 0.717) is 11.5 Å². The summed E-state index contributed by atoms with van der Waals surface area (Å²) >= 11 is 0. The Morgan fingerprint density at radius 1 is 1.55 bits per heavy atom. The van der Waals surface area contributed by atoms with E-state index in [1.165, 1.54) is 12.8 Å². The molecule has 0 aromatic carbocycles. The Bertz CT molecular complexity index is 156. The molecule has 0 aromatic heterocycles. The first-order valence-electron chi connectivity index (χ1n) is 4.58. The van der Waals surface area contributed by atoms with E-state index in [1.54, 1.807) is 0 Å². The molecule has 1 heterocycles. The van der Waals surface area contributed by atoms with Crippen LogP contribution in [-0.4, -0.2) is 25.3 Å². The maximum Gasteiger partial charge on any atom is 0.0643 e. The van der Waals surface area contributed by atoms with Gasteiger partial charge >= 0.3 is 0 Å². The fourth-order valence-corrected chi connectivity index (χ4v) is 1.67. The summed E-state index contributed by atoms with van der Waals surface area (Å²) in [6.45, 7) is 6.50. The molecule has 0 spiro atoms. The summed E-state index contributed by atoms with van der Waals surface area (Å²) in [6, 6.07) is 1.44.